The largest absolute Gasteiger partial charge is 0.353 e. The van der Waals surface area contributed by atoms with Gasteiger partial charge in [0.15, 0.2) is 0 Å². The third-order valence-corrected chi connectivity index (χ3v) is 5.41. The number of piperidine rings is 1. The highest BCUT2D eigenvalue weighted by Gasteiger charge is 2.45. The van der Waals surface area contributed by atoms with Crippen LogP contribution < -0.4 is 10.2 Å². The highest BCUT2D eigenvalue weighted by Crippen LogP contribution is 2.33. The van der Waals surface area contributed by atoms with Crippen molar-refractivity contribution in [1.82, 2.24) is 14.9 Å². The molecule has 0 radical (unpaired) electrons. The minimum absolute atomic E-state index is 0.0448. The predicted octanol–water partition coefficient (Wildman–Crippen LogP) is 2.45. The van der Waals surface area contributed by atoms with Crippen LogP contribution in [-0.4, -0.2) is 52.5 Å². The molecule has 3 aliphatic rings. The van der Waals surface area contributed by atoms with Crippen LogP contribution in [-0.2, 0) is 4.79 Å². The number of aromatic nitrogens is 2. The van der Waals surface area contributed by atoms with Gasteiger partial charge in [-0.15, -0.1) is 0 Å². The molecule has 2 bridgehead atoms. The van der Waals surface area contributed by atoms with Crippen LogP contribution in [0.3, 0.4) is 0 Å². The zero-order chi connectivity index (χ0) is 17.4. The lowest BCUT2D eigenvalue weighted by atomic mass is 9.87. The average Bonchev–Trinajstić information content (AvgIpc) is 2.62. The predicted molar refractivity (Wildman–Crippen MR) is 101 cm³/mol. The molecule has 2 unspecified atom stereocenters. The molecule has 1 amide bonds. The molecule has 6 nitrogen and oxygen atoms in total. The Bertz CT molecular complexity index is 769. The van der Waals surface area contributed by atoms with Gasteiger partial charge in [0.1, 0.15) is 11.6 Å². The highest BCUT2D eigenvalue weighted by molar-refractivity contribution is 9.10. The molecule has 2 aromatic rings. The van der Waals surface area contributed by atoms with Crippen molar-refractivity contribution in [3.63, 3.8) is 0 Å². The highest BCUT2D eigenvalue weighted by atomic mass is 79.9. The summed E-state index contributed by atoms with van der Waals surface area (Å²) in [5.74, 6) is 1.83. The molecule has 0 saturated carbocycles. The monoisotopic (exact) mass is 401 g/mol. The Labute approximate surface area is 155 Å². The maximum absolute atomic E-state index is 12.3. The summed E-state index contributed by atoms with van der Waals surface area (Å²) in [6.07, 6.45) is 2.97. The van der Waals surface area contributed by atoms with Gasteiger partial charge in [0.2, 0.25) is 5.91 Å². The van der Waals surface area contributed by atoms with E-state index in [1.807, 2.05) is 37.3 Å². The summed E-state index contributed by atoms with van der Waals surface area (Å²) >= 11 is 3.40. The van der Waals surface area contributed by atoms with Gasteiger partial charge < -0.3 is 10.2 Å². The first-order valence-corrected chi connectivity index (χ1v) is 9.23. The van der Waals surface area contributed by atoms with Crippen LogP contribution in [0.15, 0.2) is 41.0 Å². The van der Waals surface area contributed by atoms with Gasteiger partial charge in [-0.25, -0.2) is 9.97 Å². The number of piperazine rings is 1. The quantitative estimate of drug-likeness (QED) is 0.852. The average molecular weight is 402 g/mol. The van der Waals surface area contributed by atoms with Gasteiger partial charge >= 0.3 is 0 Å². The number of nitrogens with one attached hydrogen (secondary N) is 1. The van der Waals surface area contributed by atoms with Crippen molar-refractivity contribution in [3.8, 4) is 0 Å². The van der Waals surface area contributed by atoms with Crippen LogP contribution in [0.4, 0.5) is 11.5 Å². The Morgan fingerprint density at radius 1 is 1.24 bits per heavy atom. The van der Waals surface area contributed by atoms with E-state index < -0.39 is 0 Å². The van der Waals surface area contributed by atoms with Crippen LogP contribution in [0.2, 0.25) is 0 Å². The number of halogens is 1. The number of rotatable bonds is 4. The lowest BCUT2D eigenvalue weighted by molar-refractivity contribution is -0.121. The van der Waals surface area contributed by atoms with Crippen molar-refractivity contribution in [3.05, 3.63) is 46.8 Å². The van der Waals surface area contributed by atoms with Gasteiger partial charge in [-0.2, -0.15) is 0 Å². The molecule has 3 fully saturated rings. The summed E-state index contributed by atoms with van der Waals surface area (Å²) in [6.45, 7) is 4.19. The number of anilines is 2. The minimum atomic E-state index is 0.0448. The molecule has 3 saturated heterocycles. The second kappa shape index (κ2) is 6.72. The second-order valence-electron chi connectivity index (χ2n) is 6.64. The van der Waals surface area contributed by atoms with E-state index in [0.717, 1.165) is 41.3 Å². The molecule has 2 atom stereocenters. The summed E-state index contributed by atoms with van der Waals surface area (Å²) in [5.41, 5.74) is 0.831. The van der Waals surface area contributed by atoms with Crippen molar-refractivity contribution in [1.29, 1.82) is 0 Å². The van der Waals surface area contributed by atoms with Crippen molar-refractivity contribution >= 4 is 33.3 Å². The van der Waals surface area contributed by atoms with E-state index in [2.05, 4.69) is 41.0 Å². The van der Waals surface area contributed by atoms with Crippen LogP contribution in [0.25, 0.3) is 0 Å². The molecule has 25 heavy (non-hydrogen) atoms. The lowest BCUT2D eigenvalue weighted by Crippen LogP contribution is -2.69. The zero-order valence-electron chi connectivity index (χ0n) is 14.0. The van der Waals surface area contributed by atoms with E-state index in [4.69, 9.17) is 0 Å². The Hall–Kier alpha value is -1.99. The number of aryl methyl sites for hydroxylation is 1. The van der Waals surface area contributed by atoms with Gasteiger partial charge in [0.05, 0.1) is 6.54 Å². The molecule has 130 valence electrons. The van der Waals surface area contributed by atoms with Crippen LogP contribution in [0.5, 0.6) is 0 Å². The molecule has 1 aromatic carbocycles. The number of carbonyl (C=O) groups excluding carboxylic acids is 1. The molecule has 1 N–H and O–H groups in total. The van der Waals surface area contributed by atoms with Crippen LogP contribution in [0, 0.1) is 6.92 Å². The topological polar surface area (TPSA) is 61.4 Å². The fourth-order valence-electron chi connectivity index (χ4n) is 3.65. The third kappa shape index (κ3) is 3.52. The summed E-state index contributed by atoms with van der Waals surface area (Å²) in [6, 6.07) is 10.5. The van der Waals surface area contributed by atoms with E-state index in [-0.39, 0.29) is 5.91 Å². The van der Waals surface area contributed by atoms with Gasteiger partial charge in [0, 0.05) is 41.5 Å². The number of amides is 1. The van der Waals surface area contributed by atoms with Gasteiger partial charge in [0.25, 0.3) is 0 Å². The smallest absolute Gasteiger partial charge is 0.238 e. The number of nitrogens with zero attached hydrogens (tertiary/aromatic N) is 4. The van der Waals surface area contributed by atoms with Crippen molar-refractivity contribution < 1.29 is 4.79 Å². The Morgan fingerprint density at radius 2 is 1.96 bits per heavy atom. The minimum Gasteiger partial charge on any atom is -0.353 e. The van der Waals surface area contributed by atoms with Crippen molar-refractivity contribution in [2.75, 3.05) is 29.9 Å². The first kappa shape index (κ1) is 16.5. The Kier molecular flexibility index (Phi) is 4.43. The summed E-state index contributed by atoms with van der Waals surface area (Å²) in [7, 11) is 0. The van der Waals surface area contributed by atoms with Crippen molar-refractivity contribution in [2.45, 2.75) is 25.4 Å². The van der Waals surface area contributed by atoms with E-state index in [0.29, 0.717) is 18.6 Å². The summed E-state index contributed by atoms with van der Waals surface area (Å²) < 4.78 is 1.00. The molecule has 0 aliphatic carbocycles. The second-order valence-corrected chi connectivity index (χ2v) is 7.55. The van der Waals surface area contributed by atoms with Gasteiger partial charge in [-0.3, -0.25) is 9.69 Å². The maximum atomic E-state index is 12.3. The van der Waals surface area contributed by atoms with E-state index in [1.54, 1.807) is 6.20 Å². The van der Waals surface area contributed by atoms with Gasteiger partial charge in [-0.05, 0) is 43.7 Å². The Balaban J connectivity index is 1.34. The lowest BCUT2D eigenvalue weighted by Gasteiger charge is -2.56. The first-order chi connectivity index (χ1) is 12.1. The standard InChI is InChI=1S/C18H20BrN5O/c1-12-20-7-6-17(21-12)23-9-15-8-16(10-23)24(15)11-18(25)22-14-4-2-13(19)3-5-14/h2-7,15-16H,8-11H2,1H3,(H,22,25). The normalized spacial score (nSPS) is 22.4. The maximum Gasteiger partial charge on any atom is 0.238 e. The van der Waals surface area contributed by atoms with E-state index in [9.17, 15) is 4.79 Å². The molecule has 1 aromatic heterocycles. The number of hydrogen-bond acceptors (Lipinski definition) is 5. The Morgan fingerprint density at radius 3 is 2.64 bits per heavy atom. The molecule has 0 spiro atoms. The molecule has 5 rings (SSSR count). The molecule has 7 heteroatoms. The third-order valence-electron chi connectivity index (χ3n) is 4.88. The van der Waals surface area contributed by atoms with E-state index >= 15 is 0 Å². The molecule has 4 heterocycles. The molecular formula is C18H20BrN5O. The first-order valence-electron chi connectivity index (χ1n) is 8.44. The number of carbonyl (C=O) groups is 1. The van der Waals surface area contributed by atoms with Crippen molar-refractivity contribution in [2.24, 2.45) is 0 Å². The summed E-state index contributed by atoms with van der Waals surface area (Å²) in [5, 5.41) is 2.97. The van der Waals surface area contributed by atoms with Gasteiger partial charge in [-0.1, -0.05) is 15.9 Å². The van der Waals surface area contributed by atoms with Crippen LogP contribution >= 0.6 is 15.9 Å². The number of hydrogen-bond donors (Lipinski definition) is 1. The number of fused-ring (bicyclic) bond motifs is 2. The molecular weight excluding hydrogens is 382 g/mol. The molecule has 3 aliphatic heterocycles. The number of benzene rings is 1. The van der Waals surface area contributed by atoms with Crippen LogP contribution in [0.1, 0.15) is 12.2 Å². The SMILES string of the molecule is Cc1nccc(N2CC3CC(C2)N3CC(=O)Nc2ccc(Br)cc2)n1. The fourth-order valence-corrected chi connectivity index (χ4v) is 3.92. The fraction of sp³-hybridized carbons (Fsp3) is 0.389. The summed E-state index contributed by atoms with van der Waals surface area (Å²) in [4.78, 5) is 25.6. The zero-order valence-corrected chi connectivity index (χ0v) is 15.6. The van der Waals surface area contributed by atoms with E-state index in [1.165, 1.54) is 0 Å².